The molecule has 0 bridgehead atoms. The molecule has 5 nitrogen and oxygen atoms in total. The first-order valence-corrected chi connectivity index (χ1v) is 4.59. The largest absolute Gasteiger partial charge is 0.296 e. The van der Waals surface area contributed by atoms with Crippen LogP contribution in [0, 0.1) is 10.1 Å². The molecule has 0 aromatic heterocycles. The molecule has 0 heterocycles. The minimum atomic E-state index is -0.482. The molecule has 1 rings (SSSR count). The number of hydrogen-bond acceptors (Lipinski definition) is 4. The topological polar surface area (TPSA) is 72.2 Å². The summed E-state index contributed by atoms with van der Waals surface area (Å²) in [5.41, 5.74) is -0.00810. The van der Waals surface area contributed by atoms with E-state index in [0.29, 0.717) is 4.90 Å². The third kappa shape index (κ3) is 2.74. The normalized spacial score (nSPS) is 9.50. The Labute approximate surface area is 84.8 Å². The minimum absolute atomic E-state index is 0.00810. The van der Waals surface area contributed by atoms with Gasteiger partial charge in [-0.25, -0.2) is 0 Å². The van der Waals surface area contributed by atoms with E-state index in [9.17, 15) is 14.9 Å². The van der Waals surface area contributed by atoms with E-state index in [1.165, 1.54) is 13.0 Å². The summed E-state index contributed by atoms with van der Waals surface area (Å²) in [4.78, 5) is 21.1. The standard InChI is InChI=1S/C8H8N2O3S/c1-6(11)9-14-8-5-3-2-4-7(8)10(12)13/h2-5H,1H3,(H,9,11). The van der Waals surface area contributed by atoms with Crippen LogP contribution in [-0.4, -0.2) is 10.8 Å². The molecular weight excluding hydrogens is 204 g/mol. The van der Waals surface area contributed by atoms with Gasteiger partial charge in [-0.1, -0.05) is 12.1 Å². The Morgan fingerprint density at radius 1 is 1.50 bits per heavy atom. The summed E-state index contributed by atoms with van der Waals surface area (Å²) in [6.07, 6.45) is 0. The molecule has 1 aromatic rings. The first kappa shape index (κ1) is 10.5. The molecule has 14 heavy (non-hydrogen) atoms. The van der Waals surface area contributed by atoms with E-state index >= 15 is 0 Å². The highest BCUT2D eigenvalue weighted by Crippen LogP contribution is 2.26. The lowest BCUT2D eigenvalue weighted by Gasteiger charge is -2.01. The Balaban J connectivity index is 2.84. The van der Waals surface area contributed by atoms with Crippen molar-refractivity contribution < 1.29 is 9.72 Å². The summed E-state index contributed by atoms with van der Waals surface area (Å²) in [7, 11) is 0. The maximum atomic E-state index is 10.6. The second-order valence-corrected chi connectivity index (χ2v) is 3.33. The van der Waals surface area contributed by atoms with E-state index in [1.54, 1.807) is 18.2 Å². The van der Waals surface area contributed by atoms with Gasteiger partial charge in [-0.15, -0.1) is 0 Å². The second kappa shape index (κ2) is 4.61. The van der Waals surface area contributed by atoms with Gasteiger partial charge in [0.25, 0.3) is 5.69 Å². The molecule has 74 valence electrons. The fourth-order valence-electron chi connectivity index (χ4n) is 0.821. The smallest absolute Gasteiger partial charge is 0.284 e. The van der Waals surface area contributed by atoms with Gasteiger partial charge in [0.15, 0.2) is 0 Å². The number of para-hydroxylation sites is 1. The molecule has 0 aliphatic carbocycles. The number of rotatable bonds is 3. The van der Waals surface area contributed by atoms with Crippen LogP contribution in [0.4, 0.5) is 5.69 Å². The number of carbonyl (C=O) groups excluding carboxylic acids is 1. The van der Waals surface area contributed by atoms with Crippen LogP contribution in [0.1, 0.15) is 6.92 Å². The number of nitrogens with zero attached hydrogens (tertiary/aromatic N) is 1. The number of nitrogens with one attached hydrogen (secondary N) is 1. The van der Waals surface area contributed by atoms with Crippen molar-refractivity contribution in [1.82, 2.24) is 4.72 Å². The molecule has 0 radical (unpaired) electrons. The van der Waals surface area contributed by atoms with Gasteiger partial charge in [0.1, 0.15) is 4.90 Å². The number of nitro benzene ring substituents is 1. The third-order valence-corrected chi connectivity index (χ3v) is 2.32. The second-order valence-electron chi connectivity index (χ2n) is 2.49. The quantitative estimate of drug-likeness (QED) is 0.470. The summed E-state index contributed by atoms with van der Waals surface area (Å²) in [6.45, 7) is 1.35. The van der Waals surface area contributed by atoms with Gasteiger partial charge in [0.05, 0.1) is 4.92 Å². The van der Waals surface area contributed by atoms with Gasteiger partial charge >= 0.3 is 0 Å². The van der Waals surface area contributed by atoms with E-state index in [2.05, 4.69) is 4.72 Å². The first-order chi connectivity index (χ1) is 6.61. The van der Waals surface area contributed by atoms with Crippen molar-refractivity contribution in [2.45, 2.75) is 11.8 Å². The van der Waals surface area contributed by atoms with Gasteiger partial charge < -0.3 is 0 Å². The van der Waals surface area contributed by atoms with Crippen LogP contribution in [0.25, 0.3) is 0 Å². The zero-order chi connectivity index (χ0) is 10.6. The Morgan fingerprint density at radius 2 is 2.14 bits per heavy atom. The molecule has 0 unspecified atom stereocenters. The zero-order valence-corrected chi connectivity index (χ0v) is 8.21. The molecule has 6 heteroatoms. The molecule has 0 saturated heterocycles. The van der Waals surface area contributed by atoms with Crippen LogP contribution in [-0.2, 0) is 4.79 Å². The monoisotopic (exact) mass is 212 g/mol. The highest BCUT2D eigenvalue weighted by atomic mass is 32.2. The predicted molar refractivity (Wildman–Crippen MR) is 52.8 cm³/mol. The van der Waals surface area contributed by atoms with Crippen molar-refractivity contribution in [3.05, 3.63) is 34.4 Å². The summed E-state index contributed by atoms with van der Waals surface area (Å²) >= 11 is 0.942. The van der Waals surface area contributed by atoms with Crippen molar-refractivity contribution in [2.75, 3.05) is 0 Å². The molecule has 0 spiro atoms. The van der Waals surface area contributed by atoms with Crippen LogP contribution in [0.2, 0.25) is 0 Å². The number of hydrogen-bond donors (Lipinski definition) is 1. The van der Waals surface area contributed by atoms with Crippen molar-refractivity contribution in [3.63, 3.8) is 0 Å². The predicted octanol–water partition coefficient (Wildman–Crippen LogP) is 1.74. The molecule has 0 fully saturated rings. The molecule has 0 aliphatic rings. The fourth-order valence-corrected chi connectivity index (χ4v) is 1.47. The number of amides is 1. The Bertz CT molecular complexity index is 367. The van der Waals surface area contributed by atoms with Crippen molar-refractivity contribution in [1.29, 1.82) is 0 Å². The molecule has 0 atom stereocenters. The molecule has 0 aliphatic heterocycles. The average Bonchev–Trinajstić information content (AvgIpc) is 2.15. The van der Waals surface area contributed by atoms with Gasteiger partial charge in [0, 0.05) is 13.0 Å². The Kier molecular flexibility index (Phi) is 3.47. The zero-order valence-electron chi connectivity index (χ0n) is 7.39. The molecule has 0 saturated carbocycles. The molecule has 1 amide bonds. The molecular formula is C8H8N2O3S. The maximum absolute atomic E-state index is 10.6. The highest BCUT2D eigenvalue weighted by Gasteiger charge is 2.12. The summed E-state index contributed by atoms with van der Waals surface area (Å²) < 4.78 is 2.43. The van der Waals surface area contributed by atoms with E-state index in [1.807, 2.05) is 0 Å². The average molecular weight is 212 g/mol. The maximum Gasteiger partial charge on any atom is 0.284 e. The summed E-state index contributed by atoms with van der Waals surface area (Å²) in [5.74, 6) is -0.242. The van der Waals surface area contributed by atoms with Gasteiger partial charge in [-0.05, 0) is 18.0 Å². The fraction of sp³-hybridized carbons (Fsp3) is 0.125. The minimum Gasteiger partial charge on any atom is -0.296 e. The lowest BCUT2D eigenvalue weighted by atomic mass is 10.3. The third-order valence-electron chi connectivity index (χ3n) is 1.37. The van der Waals surface area contributed by atoms with Crippen LogP contribution < -0.4 is 4.72 Å². The number of benzene rings is 1. The van der Waals surface area contributed by atoms with Crippen LogP contribution in [0.5, 0.6) is 0 Å². The molecule has 1 aromatic carbocycles. The first-order valence-electron chi connectivity index (χ1n) is 3.78. The van der Waals surface area contributed by atoms with Crippen LogP contribution in [0.3, 0.4) is 0 Å². The van der Waals surface area contributed by atoms with E-state index < -0.39 is 4.92 Å². The molecule has 1 N–H and O–H groups in total. The van der Waals surface area contributed by atoms with Gasteiger partial charge in [-0.3, -0.25) is 19.6 Å². The van der Waals surface area contributed by atoms with Gasteiger partial charge in [0.2, 0.25) is 5.91 Å². The van der Waals surface area contributed by atoms with Crippen molar-refractivity contribution >= 4 is 23.5 Å². The van der Waals surface area contributed by atoms with E-state index in [0.717, 1.165) is 11.9 Å². The lowest BCUT2D eigenvalue weighted by Crippen LogP contribution is -2.10. The van der Waals surface area contributed by atoms with Crippen LogP contribution in [0.15, 0.2) is 29.2 Å². The summed E-state index contributed by atoms with van der Waals surface area (Å²) in [6, 6.07) is 6.23. The van der Waals surface area contributed by atoms with Crippen molar-refractivity contribution in [3.8, 4) is 0 Å². The van der Waals surface area contributed by atoms with Crippen LogP contribution >= 0.6 is 11.9 Å². The lowest BCUT2D eigenvalue weighted by molar-refractivity contribution is -0.387. The van der Waals surface area contributed by atoms with Crippen molar-refractivity contribution in [2.24, 2.45) is 0 Å². The Hall–Kier alpha value is -1.56. The highest BCUT2D eigenvalue weighted by molar-refractivity contribution is 7.98. The SMILES string of the molecule is CC(=O)NSc1ccccc1[N+](=O)[O-]. The summed E-state index contributed by atoms with van der Waals surface area (Å²) in [5, 5.41) is 10.5. The van der Waals surface area contributed by atoms with E-state index in [4.69, 9.17) is 0 Å². The Morgan fingerprint density at radius 3 is 2.71 bits per heavy atom. The number of carbonyl (C=O) groups is 1. The van der Waals surface area contributed by atoms with E-state index in [-0.39, 0.29) is 11.6 Å². The number of nitro groups is 1. The van der Waals surface area contributed by atoms with Gasteiger partial charge in [-0.2, -0.15) is 0 Å².